The Morgan fingerprint density at radius 3 is 3.05 bits per heavy atom. The number of hydrogen-bond acceptors (Lipinski definition) is 4. The van der Waals surface area contributed by atoms with E-state index in [0.29, 0.717) is 24.6 Å². The van der Waals surface area contributed by atoms with Gasteiger partial charge in [0.05, 0.1) is 12.5 Å². The molecule has 3 rings (SSSR count). The third kappa shape index (κ3) is 2.40. The van der Waals surface area contributed by atoms with Crippen LogP contribution in [0.2, 0.25) is 0 Å². The van der Waals surface area contributed by atoms with Gasteiger partial charge in [-0.3, -0.25) is 9.69 Å². The predicted octanol–water partition coefficient (Wildman–Crippen LogP) is 3.27. The quantitative estimate of drug-likeness (QED) is 0.798. The van der Waals surface area contributed by atoms with Gasteiger partial charge in [0.25, 0.3) is 0 Å². The minimum atomic E-state index is 0.0234. The lowest BCUT2D eigenvalue weighted by molar-refractivity contribution is -0.152. The third-order valence-electron chi connectivity index (χ3n) is 4.89. The van der Waals surface area contributed by atoms with Crippen LogP contribution in [0.25, 0.3) is 0 Å². The average Bonchev–Trinajstić information content (AvgIpc) is 3.04. The molecule has 3 nitrogen and oxygen atoms in total. The molecule has 2 fully saturated rings. The Morgan fingerprint density at radius 2 is 2.35 bits per heavy atom. The van der Waals surface area contributed by atoms with Crippen LogP contribution in [0.5, 0.6) is 0 Å². The Morgan fingerprint density at radius 1 is 1.50 bits per heavy atom. The number of carbonyl (C=O) groups excluding carboxylic acids is 1. The fourth-order valence-corrected chi connectivity index (χ4v) is 4.84. The van der Waals surface area contributed by atoms with E-state index in [4.69, 9.17) is 4.74 Å². The van der Waals surface area contributed by atoms with Crippen molar-refractivity contribution in [1.82, 2.24) is 4.90 Å². The maximum absolute atomic E-state index is 12.5. The highest BCUT2D eigenvalue weighted by Crippen LogP contribution is 2.48. The van der Waals surface area contributed by atoms with E-state index in [9.17, 15) is 4.79 Å². The number of nitrogens with zero attached hydrogens (tertiary/aromatic N) is 1. The van der Waals surface area contributed by atoms with Crippen molar-refractivity contribution in [2.45, 2.75) is 50.6 Å². The van der Waals surface area contributed by atoms with E-state index in [0.717, 1.165) is 12.8 Å². The van der Waals surface area contributed by atoms with Crippen molar-refractivity contribution >= 4 is 17.3 Å². The standard InChI is InChI=1S/C16H23NO2S/c1-3-8-19-16(18)12-10-11-6-7-13(17(11)2)15(12)14-5-4-9-20-14/h4-5,9,11-13,15H,3,6-8,10H2,1-2H3/t11-,12+,13-,15+/m1/s1. The average molecular weight is 293 g/mol. The first-order valence-electron chi connectivity index (χ1n) is 7.64. The summed E-state index contributed by atoms with van der Waals surface area (Å²) < 4.78 is 5.47. The fraction of sp³-hybridized carbons (Fsp3) is 0.688. The van der Waals surface area contributed by atoms with Crippen molar-refractivity contribution in [3.05, 3.63) is 22.4 Å². The smallest absolute Gasteiger partial charge is 0.309 e. The second-order valence-electron chi connectivity index (χ2n) is 6.01. The lowest BCUT2D eigenvalue weighted by Crippen LogP contribution is -2.47. The lowest BCUT2D eigenvalue weighted by atomic mass is 9.79. The maximum Gasteiger partial charge on any atom is 0.309 e. The van der Waals surface area contributed by atoms with E-state index in [1.807, 2.05) is 6.92 Å². The van der Waals surface area contributed by atoms with E-state index in [-0.39, 0.29) is 11.9 Å². The number of ether oxygens (including phenoxy) is 1. The SMILES string of the molecule is CCCOC(=O)[C@H]1C[C@H]2CC[C@H]([C@H]1c1cccs1)N2C. The second kappa shape index (κ2) is 5.86. The van der Waals surface area contributed by atoms with Crippen LogP contribution in [0.4, 0.5) is 0 Å². The Balaban J connectivity index is 1.85. The molecule has 4 heteroatoms. The monoisotopic (exact) mass is 293 g/mol. The summed E-state index contributed by atoms with van der Waals surface area (Å²) in [6.45, 7) is 2.60. The molecular formula is C16H23NO2S. The number of hydrogen-bond donors (Lipinski definition) is 0. The molecule has 0 saturated carbocycles. The number of thiophene rings is 1. The Labute approximate surface area is 124 Å². The summed E-state index contributed by atoms with van der Waals surface area (Å²) in [6.07, 6.45) is 4.29. The van der Waals surface area contributed by atoms with Gasteiger partial charge in [-0.05, 0) is 44.2 Å². The molecule has 20 heavy (non-hydrogen) atoms. The Kier molecular flexibility index (Phi) is 4.13. The van der Waals surface area contributed by atoms with Gasteiger partial charge in [-0.25, -0.2) is 0 Å². The van der Waals surface area contributed by atoms with Crippen LogP contribution in [0.1, 0.15) is 43.4 Å². The molecule has 0 amide bonds. The van der Waals surface area contributed by atoms with Gasteiger partial charge in [-0.1, -0.05) is 13.0 Å². The van der Waals surface area contributed by atoms with Crippen molar-refractivity contribution in [1.29, 1.82) is 0 Å². The minimum absolute atomic E-state index is 0.0234. The summed E-state index contributed by atoms with van der Waals surface area (Å²) in [7, 11) is 2.22. The van der Waals surface area contributed by atoms with Crippen molar-refractivity contribution in [3.63, 3.8) is 0 Å². The molecule has 0 N–H and O–H groups in total. The van der Waals surface area contributed by atoms with Gasteiger partial charge >= 0.3 is 5.97 Å². The highest BCUT2D eigenvalue weighted by Gasteiger charge is 2.49. The summed E-state index contributed by atoms with van der Waals surface area (Å²) in [6, 6.07) is 5.35. The third-order valence-corrected chi connectivity index (χ3v) is 5.87. The molecule has 0 aromatic carbocycles. The first-order chi connectivity index (χ1) is 9.72. The Hall–Kier alpha value is -0.870. The van der Waals surface area contributed by atoms with Crippen LogP contribution in [0.3, 0.4) is 0 Å². The zero-order valence-electron chi connectivity index (χ0n) is 12.2. The van der Waals surface area contributed by atoms with Crippen LogP contribution in [0, 0.1) is 5.92 Å². The summed E-state index contributed by atoms with van der Waals surface area (Å²) >= 11 is 1.78. The number of fused-ring (bicyclic) bond motifs is 2. The molecule has 0 spiro atoms. The van der Waals surface area contributed by atoms with Gasteiger partial charge in [0.1, 0.15) is 0 Å². The van der Waals surface area contributed by atoms with E-state index in [1.54, 1.807) is 11.3 Å². The number of rotatable bonds is 4. The van der Waals surface area contributed by atoms with Gasteiger partial charge in [0.2, 0.25) is 0 Å². The molecule has 0 aliphatic carbocycles. The van der Waals surface area contributed by atoms with E-state index in [2.05, 4.69) is 29.5 Å². The highest BCUT2D eigenvalue weighted by molar-refractivity contribution is 7.10. The van der Waals surface area contributed by atoms with Gasteiger partial charge < -0.3 is 4.74 Å². The number of piperidine rings is 1. The van der Waals surface area contributed by atoms with E-state index >= 15 is 0 Å². The molecule has 4 atom stereocenters. The zero-order valence-corrected chi connectivity index (χ0v) is 13.1. The van der Waals surface area contributed by atoms with Crippen molar-refractivity contribution < 1.29 is 9.53 Å². The summed E-state index contributed by atoms with van der Waals surface area (Å²) in [5, 5.41) is 2.12. The molecule has 0 radical (unpaired) electrons. The number of likely N-dealkylation sites (N-methyl/N-ethyl adjacent to an activating group) is 1. The van der Waals surface area contributed by atoms with Crippen molar-refractivity contribution in [2.75, 3.05) is 13.7 Å². The van der Waals surface area contributed by atoms with Crippen LogP contribution in [-0.2, 0) is 9.53 Å². The summed E-state index contributed by atoms with van der Waals surface area (Å²) in [5.74, 6) is 0.396. The largest absolute Gasteiger partial charge is 0.465 e. The molecule has 2 aliphatic heterocycles. The first-order valence-corrected chi connectivity index (χ1v) is 8.52. The molecule has 3 heterocycles. The van der Waals surface area contributed by atoms with Gasteiger partial charge in [-0.15, -0.1) is 11.3 Å². The maximum atomic E-state index is 12.5. The molecule has 1 aromatic heterocycles. The van der Waals surface area contributed by atoms with Crippen LogP contribution < -0.4 is 0 Å². The molecule has 0 unspecified atom stereocenters. The predicted molar refractivity (Wildman–Crippen MR) is 81.0 cm³/mol. The minimum Gasteiger partial charge on any atom is -0.465 e. The Bertz CT molecular complexity index is 459. The van der Waals surface area contributed by atoms with Gasteiger partial charge in [0, 0.05) is 22.9 Å². The zero-order chi connectivity index (χ0) is 14.1. The summed E-state index contributed by atoms with van der Waals surface area (Å²) in [5.41, 5.74) is 0. The molecule has 1 aromatic rings. The number of carbonyl (C=O) groups is 1. The van der Waals surface area contributed by atoms with Crippen LogP contribution in [-0.4, -0.2) is 36.6 Å². The second-order valence-corrected chi connectivity index (χ2v) is 6.99. The van der Waals surface area contributed by atoms with Crippen molar-refractivity contribution in [2.24, 2.45) is 5.92 Å². The normalized spacial score (nSPS) is 33.3. The van der Waals surface area contributed by atoms with E-state index < -0.39 is 0 Å². The van der Waals surface area contributed by atoms with Gasteiger partial charge in [0.15, 0.2) is 0 Å². The molecule has 110 valence electrons. The van der Waals surface area contributed by atoms with E-state index in [1.165, 1.54) is 17.7 Å². The summed E-state index contributed by atoms with van der Waals surface area (Å²) in [4.78, 5) is 16.3. The van der Waals surface area contributed by atoms with Gasteiger partial charge in [-0.2, -0.15) is 0 Å². The topological polar surface area (TPSA) is 29.5 Å². The first kappa shape index (κ1) is 14.1. The van der Waals surface area contributed by atoms with Crippen LogP contribution in [0.15, 0.2) is 17.5 Å². The van der Waals surface area contributed by atoms with Crippen LogP contribution >= 0.6 is 11.3 Å². The lowest BCUT2D eigenvalue weighted by Gasteiger charge is -2.41. The molecule has 2 saturated heterocycles. The number of esters is 1. The molecular weight excluding hydrogens is 270 g/mol. The molecule has 2 aliphatic rings. The highest BCUT2D eigenvalue weighted by atomic mass is 32.1. The molecule has 2 bridgehead atoms. The fourth-order valence-electron chi connectivity index (χ4n) is 3.89. The van der Waals surface area contributed by atoms with Crippen molar-refractivity contribution in [3.8, 4) is 0 Å².